The van der Waals surface area contributed by atoms with Crippen molar-refractivity contribution in [3.05, 3.63) is 93.0 Å². The van der Waals surface area contributed by atoms with Gasteiger partial charge in [0.2, 0.25) is 0 Å². The summed E-state index contributed by atoms with van der Waals surface area (Å²) in [5, 5.41) is 1.47. The van der Waals surface area contributed by atoms with Crippen LogP contribution in [0.25, 0.3) is 10.9 Å². The molecule has 38 heavy (non-hydrogen) atoms. The van der Waals surface area contributed by atoms with Gasteiger partial charge in [0, 0.05) is 47.5 Å². The minimum Gasteiger partial charge on any atom is -0.493 e. The third-order valence-corrected chi connectivity index (χ3v) is 7.39. The molecular formula is C29H25BrClNO6. The number of hydrogen-bond donors (Lipinski definition) is 1. The lowest BCUT2D eigenvalue weighted by molar-refractivity contribution is -0.240. The highest BCUT2D eigenvalue weighted by Crippen LogP contribution is 2.45. The van der Waals surface area contributed by atoms with Crippen molar-refractivity contribution in [3.8, 4) is 11.5 Å². The van der Waals surface area contributed by atoms with Crippen LogP contribution in [-0.4, -0.2) is 29.8 Å². The number of halogens is 2. The monoisotopic (exact) mass is 597 g/mol. The molecule has 5 rings (SSSR count). The number of hydrogen-bond acceptors (Lipinski definition) is 6. The second-order valence-electron chi connectivity index (χ2n) is 9.40. The Hall–Kier alpha value is -3.49. The molecule has 1 aromatic heterocycles. The number of aromatic amines is 1. The molecule has 1 saturated heterocycles. The summed E-state index contributed by atoms with van der Waals surface area (Å²) in [6.07, 6.45) is 1.80. The van der Waals surface area contributed by atoms with Crippen LogP contribution in [0, 0.1) is 5.92 Å². The van der Waals surface area contributed by atoms with Crippen LogP contribution >= 0.6 is 27.5 Å². The van der Waals surface area contributed by atoms with E-state index in [0.29, 0.717) is 26.6 Å². The molecule has 1 N–H and O–H groups in total. The molecule has 0 aliphatic carbocycles. The van der Waals surface area contributed by atoms with Crippen molar-refractivity contribution in [2.45, 2.75) is 32.2 Å². The van der Waals surface area contributed by atoms with Crippen LogP contribution < -0.4 is 9.47 Å². The molecule has 3 aromatic carbocycles. The largest absolute Gasteiger partial charge is 0.493 e. The predicted molar refractivity (Wildman–Crippen MR) is 146 cm³/mol. The first-order valence-electron chi connectivity index (χ1n) is 11.9. The van der Waals surface area contributed by atoms with E-state index < -0.39 is 29.6 Å². The summed E-state index contributed by atoms with van der Waals surface area (Å²) in [4.78, 5) is 29.7. The fourth-order valence-electron chi connectivity index (χ4n) is 4.73. The zero-order valence-electron chi connectivity index (χ0n) is 20.9. The smallest absolute Gasteiger partial charge is 0.324 e. The Balaban J connectivity index is 1.60. The zero-order chi connectivity index (χ0) is 27.0. The summed E-state index contributed by atoms with van der Waals surface area (Å²) in [5.74, 6) is -3.73. The molecule has 0 saturated carbocycles. The molecule has 0 amide bonds. The van der Waals surface area contributed by atoms with Gasteiger partial charge < -0.3 is 23.9 Å². The minimum absolute atomic E-state index is 0.218. The van der Waals surface area contributed by atoms with Crippen LogP contribution in [0.4, 0.5) is 0 Å². The maximum Gasteiger partial charge on any atom is 0.324 e. The van der Waals surface area contributed by atoms with E-state index in [2.05, 4.69) is 20.9 Å². The van der Waals surface area contributed by atoms with Crippen molar-refractivity contribution >= 4 is 50.4 Å². The summed E-state index contributed by atoms with van der Waals surface area (Å²) in [6, 6.07) is 18.7. The Bertz CT molecular complexity index is 1510. The number of nitrogens with one attached hydrogen (secondary N) is 1. The van der Waals surface area contributed by atoms with Gasteiger partial charge in [-0.1, -0.05) is 48.0 Å². The molecule has 4 aromatic rings. The number of fused-ring (bicyclic) bond motifs is 1. The maximum absolute atomic E-state index is 13.3. The van der Waals surface area contributed by atoms with Gasteiger partial charge in [-0.15, -0.1) is 0 Å². The van der Waals surface area contributed by atoms with Crippen LogP contribution in [0.1, 0.15) is 36.5 Å². The van der Waals surface area contributed by atoms with Gasteiger partial charge in [0.1, 0.15) is 6.61 Å². The molecule has 0 bridgehead atoms. The van der Waals surface area contributed by atoms with Gasteiger partial charge in [-0.05, 0) is 51.3 Å². The molecule has 7 nitrogen and oxygen atoms in total. The molecule has 196 valence electrons. The van der Waals surface area contributed by atoms with Crippen molar-refractivity contribution in [2.24, 2.45) is 5.92 Å². The molecule has 9 heteroatoms. The lowest BCUT2D eigenvalue weighted by atomic mass is 9.80. The molecule has 1 atom stereocenters. The second kappa shape index (κ2) is 10.3. The third kappa shape index (κ3) is 4.98. The van der Waals surface area contributed by atoms with Gasteiger partial charge in [-0.25, -0.2) is 0 Å². The van der Waals surface area contributed by atoms with Gasteiger partial charge >= 0.3 is 11.9 Å². The van der Waals surface area contributed by atoms with Gasteiger partial charge in [0.05, 0.1) is 11.6 Å². The summed E-state index contributed by atoms with van der Waals surface area (Å²) in [5.41, 5.74) is 3.08. The van der Waals surface area contributed by atoms with Crippen LogP contribution in [0.5, 0.6) is 11.5 Å². The van der Waals surface area contributed by atoms with E-state index in [0.717, 1.165) is 22.0 Å². The molecular weight excluding hydrogens is 574 g/mol. The van der Waals surface area contributed by atoms with Crippen molar-refractivity contribution in [1.82, 2.24) is 4.98 Å². The third-order valence-electron chi connectivity index (χ3n) is 6.43. The lowest BCUT2D eigenvalue weighted by Gasteiger charge is -2.36. The summed E-state index contributed by atoms with van der Waals surface area (Å²) < 4.78 is 23.4. The SMILES string of the molecule is COc1cc([C@@H](c2c[nH]c3ccccc23)C2C(=O)OC(C)(C)OC2=O)cc(Br)c1OCc1ccccc1Cl. The maximum atomic E-state index is 13.3. The molecule has 1 aliphatic rings. The van der Waals surface area contributed by atoms with Crippen molar-refractivity contribution < 1.29 is 28.5 Å². The normalized spacial score (nSPS) is 16.1. The quantitative estimate of drug-likeness (QED) is 0.187. The number of rotatable bonds is 7. The number of para-hydroxylation sites is 1. The van der Waals surface area contributed by atoms with Crippen molar-refractivity contribution in [2.75, 3.05) is 7.11 Å². The van der Waals surface area contributed by atoms with E-state index >= 15 is 0 Å². The molecule has 0 spiro atoms. The number of methoxy groups -OCH3 is 1. The molecule has 1 aliphatic heterocycles. The first-order chi connectivity index (χ1) is 18.2. The zero-order valence-corrected chi connectivity index (χ0v) is 23.3. The van der Waals surface area contributed by atoms with E-state index in [4.69, 9.17) is 30.5 Å². The summed E-state index contributed by atoms with van der Waals surface area (Å²) in [6.45, 7) is 3.28. The highest BCUT2D eigenvalue weighted by molar-refractivity contribution is 9.10. The second-order valence-corrected chi connectivity index (χ2v) is 10.7. The van der Waals surface area contributed by atoms with Crippen molar-refractivity contribution in [1.29, 1.82) is 0 Å². The Labute approximate surface area is 233 Å². The highest BCUT2D eigenvalue weighted by Gasteiger charge is 2.49. The Morgan fingerprint density at radius 2 is 1.74 bits per heavy atom. The van der Waals surface area contributed by atoms with Gasteiger partial charge in [0.25, 0.3) is 5.79 Å². The fraction of sp³-hybridized carbons (Fsp3) is 0.241. The van der Waals surface area contributed by atoms with E-state index in [1.807, 2.05) is 48.5 Å². The first kappa shape index (κ1) is 26.1. The predicted octanol–water partition coefficient (Wildman–Crippen LogP) is 6.76. The Morgan fingerprint density at radius 1 is 1.05 bits per heavy atom. The average Bonchev–Trinajstić information content (AvgIpc) is 3.29. The highest BCUT2D eigenvalue weighted by atomic mass is 79.9. The number of H-pyrrole nitrogens is 1. The van der Waals surface area contributed by atoms with Gasteiger partial charge in [0.15, 0.2) is 17.4 Å². The summed E-state index contributed by atoms with van der Waals surface area (Å²) in [7, 11) is 1.53. The van der Waals surface area contributed by atoms with Crippen LogP contribution in [-0.2, 0) is 25.7 Å². The number of carbonyl (C=O) groups excluding carboxylic acids is 2. The number of benzene rings is 3. The Kier molecular flexibility index (Phi) is 7.11. The van der Waals surface area contributed by atoms with Crippen LogP contribution in [0.2, 0.25) is 5.02 Å². The molecule has 0 radical (unpaired) electrons. The summed E-state index contributed by atoms with van der Waals surface area (Å²) >= 11 is 9.90. The lowest BCUT2D eigenvalue weighted by Crippen LogP contribution is -2.48. The van der Waals surface area contributed by atoms with E-state index in [-0.39, 0.29) is 6.61 Å². The van der Waals surface area contributed by atoms with E-state index in [9.17, 15) is 9.59 Å². The van der Waals surface area contributed by atoms with Gasteiger partial charge in [-0.2, -0.15) is 0 Å². The van der Waals surface area contributed by atoms with E-state index in [1.54, 1.807) is 18.3 Å². The topological polar surface area (TPSA) is 86.9 Å². The number of carbonyl (C=O) groups is 2. The van der Waals surface area contributed by atoms with Gasteiger partial charge in [-0.3, -0.25) is 9.59 Å². The number of ether oxygens (including phenoxy) is 4. The van der Waals surface area contributed by atoms with Crippen LogP contribution in [0.15, 0.2) is 71.3 Å². The molecule has 0 unspecified atom stereocenters. The fourth-order valence-corrected chi connectivity index (χ4v) is 5.49. The molecule has 1 fully saturated rings. The first-order valence-corrected chi connectivity index (χ1v) is 13.1. The van der Waals surface area contributed by atoms with Crippen LogP contribution in [0.3, 0.4) is 0 Å². The minimum atomic E-state index is -1.34. The average molecular weight is 599 g/mol. The Morgan fingerprint density at radius 3 is 2.45 bits per heavy atom. The number of cyclic esters (lactones) is 2. The molecule has 2 heterocycles. The standard InChI is InChI=1S/C29H25BrClNO6/c1-29(2)37-27(33)25(28(34)38-29)24(19-14-32-22-11-7-5-9-18(19)22)17-12-20(30)26(23(13-17)35-3)36-15-16-8-4-6-10-21(16)31/h4-14,24-25,32H,15H2,1-3H3/t24-/m0/s1. The van der Waals surface area contributed by atoms with E-state index in [1.165, 1.54) is 21.0 Å². The number of esters is 2. The van der Waals surface area contributed by atoms with Crippen molar-refractivity contribution in [3.63, 3.8) is 0 Å². The number of aromatic nitrogens is 1.